The van der Waals surface area contributed by atoms with Crippen molar-refractivity contribution in [2.45, 2.75) is 32.6 Å². The summed E-state index contributed by atoms with van der Waals surface area (Å²) in [7, 11) is 0. The molecule has 1 heterocycles. The van der Waals surface area contributed by atoms with E-state index in [4.69, 9.17) is 10.2 Å². The maximum atomic E-state index is 5.91. The van der Waals surface area contributed by atoms with Gasteiger partial charge in [0, 0.05) is 24.0 Å². The third kappa shape index (κ3) is 3.94. The monoisotopic (exact) mass is 413 g/mol. The summed E-state index contributed by atoms with van der Waals surface area (Å²) in [6.45, 7) is 3.67. The van der Waals surface area contributed by atoms with Crippen LogP contribution in [-0.4, -0.2) is 19.0 Å². The molecule has 0 amide bonds. The van der Waals surface area contributed by atoms with Gasteiger partial charge in [-0.25, -0.2) is 0 Å². The zero-order valence-corrected chi connectivity index (χ0v) is 15.3. The number of para-hydroxylation sites is 1. The molecular weight excluding hydrogens is 389 g/mol. The van der Waals surface area contributed by atoms with Crippen molar-refractivity contribution in [1.82, 2.24) is 5.32 Å². The van der Waals surface area contributed by atoms with E-state index in [-0.39, 0.29) is 24.0 Å². The highest BCUT2D eigenvalue weighted by Crippen LogP contribution is 2.26. The third-order valence-corrected chi connectivity index (χ3v) is 4.33. The van der Waals surface area contributed by atoms with E-state index < -0.39 is 0 Å². The fourth-order valence-corrected chi connectivity index (χ4v) is 2.81. The molecule has 1 saturated carbocycles. The number of aryl methyl sites for hydroxylation is 1. The van der Waals surface area contributed by atoms with Crippen LogP contribution in [-0.2, 0) is 6.42 Å². The lowest BCUT2D eigenvalue weighted by Gasteiger charge is -2.23. The van der Waals surface area contributed by atoms with Crippen LogP contribution in [0.1, 0.15) is 30.6 Å². The summed E-state index contributed by atoms with van der Waals surface area (Å²) in [5.74, 6) is 2.31. The van der Waals surface area contributed by atoms with Crippen molar-refractivity contribution < 1.29 is 4.42 Å². The van der Waals surface area contributed by atoms with Crippen LogP contribution < -0.4 is 11.1 Å². The van der Waals surface area contributed by atoms with Gasteiger partial charge in [-0.2, -0.15) is 0 Å². The summed E-state index contributed by atoms with van der Waals surface area (Å²) in [6, 6.07) is 8.16. The van der Waals surface area contributed by atoms with Crippen molar-refractivity contribution in [2.75, 3.05) is 13.1 Å². The lowest BCUT2D eigenvalue weighted by atomic mass is 9.86. The molecule has 4 nitrogen and oxygen atoms in total. The largest absolute Gasteiger partial charge is 0.461 e. The molecule has 0 unspecified atom stereocenters. The number of nitrogens with zero attached hydrogens (tertiary/aromatic N) is 1. The lowest BCUT2D eigenvalue weighted by molar-refractivity contribution is 0.326. The molecule has 120 valence electrons. The minimum absolute atomic E-state index is 0. The van der Waals surface area contributed by atoms with Gasteiger partial charge >= 0.3 is 0 Å². The Hall–Kier alpha value is -1.24. The van der Waals surface area contributed by atoms with Crippen molar-refractivity contribution >= 4 is 40.9 Å². The molecule has 0 bridgehead atoms. The molecule has 2 aromatic rings. The van der Waals surface area contributed by atoms with E-state index in [9.17, 15) is 0 Å². The summed E-state index contributed by atoms with van der Waals surface area (Å²) in [6.07, 6.45) is 4.84. The third-order valence-electron chi connectivity index (χ3n) is 4.33. The standard InChI is InChI=1S/C17H23N3O.HI/c1-12-14(15-7-2-3-8-16(15)21-12)9-10-19-17(18)20-11-13-5-4-6-13;/h2-3,7-8,13H,4-6,9-11H2,1H3,(H3,18,19,20);1H. The van der Waals surface area contributed by atoms with Gasteiger partial charge in [0.1, 0.15) is 11.3 Å². The van der Waals surface area contributed by atoms with Crippen molar-refractivity contribution in [1.29, 1.82) is 0 Å². The first kappa shape index (κ1) is 17.1. The van der Waals surface area contributed by atoms with Gasteiger partial charge in [-0.3, -0.25) is 4.99 Å². The maximum Gasteiger partial charge on any atom is 0.188 e. The van der Waals surface area contributed by atoms with Crippen molar-refractivity contribution in [3.05, 3.63) is 35.6 Å². The molecule has 1 aromatic carbocycles. The van der Waals surface area contributed by atoms with E-state index in [0.717, 1.165) is 36.8 Å². The zero-order valence-electron chi connectivity index (χ0n) is 13.0. The van der Waals surface area contributed by atoms with Crippen LogP contribution in [0.25, 0.3) is 11.0 Å². The molecule has 0 saturated heterocycles. The Labute approximate surface area is 148 Å². The minimum atomic E-state index is 0. The molecule has 22 heavy (non-hydrogen) atoms. The normalized spacial score (nSPS) is 15.4. The smallest absolute Gasteiger partial charge is 0.188 e. The van der Waals surface area contributed by atoms with Crippen LogP contribution in [0.2, 0.25) is 0 Å². The van der Waals surface area contributed by atoms with E-state index in [2.05, 4.69) is 16.4 Å². The SMILES string of the molecule is Cc1oc2ccccc2c1CCNC(N)=NCC1CCC1.I. The maximum absolute atomic E-state index is 5.91. The molecule has 1 aliphatic carbocycles. The van der Waals surface area contributed by atoms with Gasteiger partial charge in [-0.1, -0.05) is 24.6 Å². The highest BCUT2D eigenvalue weighted by Gasteiger charge is 2.16. The van der Waals surface area contributed by atoms with Gasteiger partial charge in [0.2, 0.25) is 0 Å². The Kier molecular flexibility index (Phi) is 6.11. The number of nitrogens with one attached hydrogen (secondary N) is 1. The lowest BCUT2D eigenvalue weighted by Crippen LogP contribution is -2.34. The fourth-order valence-electron chi connectivity index (χ4n) is 2.81. The molecule has 1 aromatic heterocycles. The number of furan rings is 1. The summed E-state index contributed by atoms with van der Waals surface area (Å²) >= 11 is 0. The number of hydrogen-bond acceptors (Lipinski definition) is 2. The number of guanidine groups is 1. The number of nitrogens with two attached hydrogens (primary N) is 1. The van der Waals surface area contributed by atoms with Crippen LogP contribution in [0.4, 0.5) is 0 Å². The van der Waals surface area contributed by atoms with Crippen LogP contribution in [0, 0.1) is 12.8 Å². The number of hydrogen-bond donors (Lipinski definition) is 2. The molecule has 0 aliphatic heterocycles. The van der Waals surface area contributed by atoms with Gasteiger partial charge in [-0.15, -0.1) is 24.0 Å². The Balaban J connectivity index is 0.00000176. The highest BCUT2D eigenvalue weighted by molar-refractivity contribution is 14.0. The summed E-state index contributed by atoms with van der Waals surface area (Å²) in [4.78, 5) is 4.41. The van der Waals surface area contributed by atoms with Gasteiger partial charge in [-0.05, 0) is 38.2 Å². The molecule has 3 rings (SSSR count). The summed E-state index contributed by atoms with van der Waals surface area (Å²) in [5.41, 5.74) is 8.12. The van der Waals surface area contributed by atoms with Crippen LogP contribution in [0.3, 0.4) is 0 Å². The summed E-state index contributed by atoms with van der Waals surface area (Å²) < 4.78 is 5.77. The van der Waals surface area contributed by atoms with Gasteiger partial charge in [0.05, 0.1) is 0 Å². The Bertz CT molecular complexity index is 646. The van der Waals surface area contributed by atoms with E-state index in [0.29, 0.717) is 5.96 Å². The van der Waals surface area contributed by atoms with Crippen LogP contribution in [0.15, 0.2) is 33.7 Å². The summed E-state index contributed by atoms with van der Waals surface area (Å²) in [5, 5.41) is 4.40. The molecule has 0 spiro atoms. The van der Waals surface area contributed by atoms with Gasteiger partial charge in [0.25, 0.3) is 0 Å². The molecule has 0 atom stereocenters. The first-order valence-electron chi connectivity index (χ1n) is 7.75. The Morgan fingerprint density at radius 1 is 1.36 bits per heavy atom. The van der Waals surface area contributed by atoms with E-state index in [1.807, 2.05) is 25.1 Å². The molecule has 3 N–H and O–H groups in total. The van der Waals surface area contributed by atoms with Crippen molar-refractivity contribution in [2.24, 2.45) is 16.6 Å². The second-order valence-corrected chi connectivity index (χ2v) is 5.83. The average Bonchev–Trinajstić information content (AvgIpc) is 2.73. The van der Waals surface area contributed by atoms with E-state index in [1.54, 1.807) is 0 Å². The number of aliphatic imine (C=N–C) groups is 1. The Morgan fingerprint density at radius 2 is 2.14 bits per heavy atom. The number of rotatable bonds is 5. The molecular formula is C17H24IN3O. The van der Waals surface area contributed by atoms with E-state index in [1.165, 1.54) is 30.2 Å². The van der Waals surface area contributed by atoms with Crippen molar-refractivity contribution in [3.63, 3.8) is 0 Å². The van der Waals surface area contributed by atoms with Crippen LogP contribution >= 0.6 is 24.0 Å². The Morgan fingerprint density at radius 3 is 2.86 bits per heavy atom. The highest BCUT2D eigenvalue weighted by atomic mass is 127. The first-order chi connectivity index (χ1) is 10.2. The molecule has 5 heteroatoms. The average molecular weight is 413 g/mol. The van der Waals surface area contributed by atoms with Gasteiger partial charge in [0.15, 0.2) is 5.96 Å². The molecule has 1 aliphatic rings. The first-order valence-corrected chi connectivity index (χ1v) is 7.75. The number of fused-ring (bicyclic) bond motifs is 1. The predicted molar refractivity (Wildman–Crippen MR) is 102 cm³/mol. The quantitative estimate of drug-likeness (QED) is 0.447. The zero-order chi connectivity index (χ0) is 14.7. The fraction of sp³-hybridized carbons (Fsp3) is 0.471. The van der Waals surface area contributed by atoms with Gasteiger partial charge < -0.3 is 15.5 Å². The number of halogens is 1. The predicted octanol–water partition coefficient (Wildman–Crippen LogP) is 3.61. The topological polar surface area (TPSA) is 63.5 Å². The minimum Gasteiger partial charge on any atom is -0.461 e. The molecule has 1 fully saturated rings. The number of benzene rings is 1. The van der Waals surface area contributed by atoms with Crippen LogP contribution in [0.5, 0.6) is 0 Å². The van der Waals surface area contributed by atoms with E-state index >= 15 is 0 Å². The molecule has 0 radical (unpaired) electrons. The second kappa shape index (κ2) is 7.85. The second-order valence-electron chi connectivity index (χ2n) is 5.83. The van der Waals surface area contributed by atoms with Crippen molar-refractivity contribution in [3.8, 4) is 0 Å².